The predicted molar refractivity (Wildman–Crippen MR) is 75.5 cm³/mol. The van der Waals surface area contributed by atoms with E-state index in [1.165, 1.54) is 18.2 Å². The van der Waals surface area contributed by atoms with E-state index in [4.69, 9.17) is 0 Å². The van der Waals surface area contributed by atoms with E-state index >= 15 is 0 Å². The van der Waals surface area contributed by atoms with Gasteiger partial charge in [0.2, 0.25) is 0 Å². The first kappa shape index (κ1) is 16.7. The molecule has 1 aliphatic heterocycles. The molecule has 1 unspecified atom stereocenters. The van der Waals surface area contributed by atoms with E-state index in [0.717, 1.165) is 4.90 Å². The summed E-state index contributed by atoms with van der Waals surface area (Å²) in [6.07, 6.45) is -4.11. The Balaban J connectivity index is 2.25. The fourth-order valence-electron chi connectivity index (χ4n) is 2.43. The van der Waals surface area contributed by atoms with Crippen LogP contribution in [-0.4, -0.2) is 35.0 Å². The van der Waals surface area contributed by atoms with Crippen molar-refractivity contribution in [2.45, 2.75) is 19.0 Å². The van der Waals surface area contributed by atoms with Crippen LogP contribution in [0.1, 0.15) is 23.2 Å². The number of nitrogens with zero attached hydrogens (tertiary/aromatic N) is 2. The summed E-state index contributed by atoms with van der Waals surface area (Å²) in [5.74, 6) is -2.19. The zero-order chi connectivity index (χ0) is 16.5. The van der Waals surface area contributed by atoms with Crippen LogP contribution in [0, 0.1) is 16.0 Å². The number of amides is 1. The van der Waals surface area contributed by atoms with Gasteiger partial charge in [0.1, 0.15) is 4.47 Å². The minimum Gasteiger partial charge on any atom is -0.338 e. The summed E-state index contributed by atoms with van der Waals surface area (Å²) in [4.78, 5) is 23.7. The van der Waals surface area contributed by atoms with Crippen LogP contribution in [0.3, 0.4) is 0 Å². The van der Waals surface area contributed by atoms with Gasteiger partial charge in [-0.1, -0.05) is 6.07 Å². The van der Waals surface area contributed by atoms with Crippen LogP contribution in [-0.2, 0) is 0 Å². The zero-order valence-electron chi connectivity index (χ0n) is 11.3. The molecule has 1 heterocycles. The molecule has 1 saturated heterocycles. The number of benzene rings is 1. The van der Waals surface area contributed by atoms with E-state index in [1.807, 2.05) is 0 Å². The molecule has 1 fully saturated rings. The Morgan fingerprint density at radius 2 is 2.09 bits per heavy atom. The van der Waals surface area contributed by atoms with Crippen LogP contribution in [0.2, 0.25) is 0 Å². The normalized spacial score (nSPS) is 19.1. The van der Waals surface area contributed by atoms with Crippen LogP contribution in [0.25, 0.3) is 0 Å². The molecule has 1 aromatic carbocycles. The number of likely N-dealkylation sites (tertiary alicyclic amines) is 1. The summed E-state index contributed by atoms with van der Waals surface area (Å²) >= 11 is 2.99. The Hall–Kier alpha value is -1.64. The maximum Gasteiger partial charge on any atom is 0.393 e. The molecule has 0 radical (unpaired) electrons. The van der Waals surface area contributed by atoms with Gasteiger partial charge in [-0.3, -0.25) is 14.9 Å². The summed E-state index contributed by atoms with van der Waals surface area (Å²) < 4.78 is 38.4. The molecule has 2 rings (SSSR count). The number of nitro benzene ring substituents is 1. The highest BCUT2D eigenvalue weighted by atomic mass is 79.9. The Labute approximate surface area is 132 Å². The van der Waals surface area contributed by atoms with Gasteiger partial charge in [0.25, 0.3) is 11.6 Å². The molecule has 1 aliphatic rings. The number of alkyl halides is 3. The standard InChI is InChI=1S/C13H12BrF3N2O3/c14-11-9(4-1-5-10(11)19(21)22)12(20)18-6-2-3-8(7-18)13(15,16)17/h1,4-5,8H,2-3,6-7H2. The van der Waals surface area contributed by atoms with Gasteiger partial charge in [0.05, 0.1) is 16.4 Å². The molecule has 0 saturated carbocycles. The third kappa shape index (κ3) is 3.40. The van der Waals surface area contributed by atoms with E-state index < -0.39 is 29.5 Å². The average Bonchev–Trinajstić information content (AvgIpc) is 2.45. The summed E-state index contributed by atoms with van der Waals surface area (Å²) in [5, 5.41) is 10.9. The monoisotopic (exact) mass is 380 g/mol. The van der Waals surface area contributed by atoms with Gasteiger partial charge in [0, 0.05) is 19.2 Å². The first-order valence-corrected chi connectivity index (χ1v) is 7.30. The molecule has 0 N–H and O–H groups in total. The summed E-state index contributed by atoms with van der Waals surface area (Å²) in [5.41, 5.74) is -0.299. The number of hydrogen-bond donors (Lipinski definition) is 0. The molecule has 5 nitrogen and oxygen atoms in total. The third-order valence-electron chi connectivity index (χ3n) is 3.58. The molecule has 0 aromatic heterocycles. The summed E-state index contributed by atoms with van der Waals surface area (Å²) in [6, 6.07) is 3.91. The second kappa shape index (κ2) is 6.23. The average molecular weight is 381 g/mol. The fraction of sp³-hybridized carbons (Fsp3) is 0.462. The van der Waals surface area contributed by atoms with E-state index in [2.05, 4.69) is 15.9 Å². The van der Waals surface area contributed by atoms with E-state index in [0.29, 0.717) is 0 Å². The van der Waals surface area contributed by atoms with Crippen LogP contribution in [0.4, 0.5) is 18.9 Å². The molecule has 9 heteroatoms. The molecule has 120 valence electrons. The van der Waals surface area contributed by atoms with Crippen molar-refractivity contribution in [3.63, 3.8) is 0 Å². The lowest BCUT2D eigenvalue weighted by atomic mass is 9.97. The Bertz CT molecular complexity index is 607. The van der Waals surface area contributed by atoms with Crippen molar-refractivity contribution < 1.29 is 22.9 Å². The van der Waals surface area contributed by atoms with Crippen molar-refractivity contribution in [1.29, 1.82) is 0 Å². The van der Waals surface area contributed by atoms with Gasteiger partial charge in [-0.25, -0.2) is 0 Å². The Kier molecular flexibility index (Phi) is 4.74. The molecule has 1 aromatic rings. The van der Waals surface area contributed by atoms with Crippen molar-refractivity contribution in [3.05, 3.63) is 38.3 Å². The van der Waals surface area contributed by atoms with Crippen molar-refractivity contribution in [3.8, 4) is 0 Å². The number of nitro groups is 1. The van der Waals surface area contributed by atoms with Gasteiger partial charge in [-0.05, 0) is 34.8 Å². The molecular formula is C13H12BrF3N2O3. The van der Waals surface area contributed by atoms with E-state index in [-0.39, 0.29) is 35.1 Å². The molecule has 0 aliphatic carbocycles. The molecule has 0 bridgehead atoms. The molecule has 1 amide bonds. The van der Waals surface area contributed by atoms with Crippen LogP contribution in [0.5, 0.6) is 0 Å². The van der Waals surface area contributed by atoms with Crippen molar-refractivity contribution >= 4 is 27.5 Å². The zero-order valence-corrected chi connectivity index (χ0v) is 12.9. The fourth-order valence-corrected chi connectivity index (χ4v) is 3.00. The van der Waals surface area contributed by atoms with Crippen molar-refractivity contribution in [2.75, 3.05) is 13.1 Å². The predicted octanol–water partition coefficient (Wildman–Crippen LogP) is 3.77. The Morgan fingerprint density at radius 1 is 1.41 bits per heavy atom. The van der Waals surface area contributed by atoms with Crippen molar-refractivity contribution in [2.24, 2.45) is 5.92 Å². The second-order valence-electron chi connectivity index (χ2n) is 5.03. The lowest BCUT2D eigenvalue weighted by Crippen LogP contribution is -2.44. The number of halogens is 4. The third-order valence-corrected chi connectivity index (χ3v) is 4.41. The van der Waals surface area contributed by atoms with Gasteiger partial charge in [-0.15, -0.1) is 0 Å². The number of hydrogen-bond acceptors (Lipinski definition) is 3. The number of carbonyl (C=O) groups excluding carboxylic acids is 1. The van der Waals surface area contributed by atoms with Crippen LogP contribution >= 0.6 is 15.9 Å². The Morgan fingerprint density at radius 3 is 2.68 bits per heavy atom. The van der Waals surface area contributed by atoms with E-state index in [9.17, 15) is 28.1 Å². The molecule has 0 spiro atoms. The SMILES string of the molecule is O=C(c1cccc([N+](=O)[O-])c1Br)N1CCCC(C(F)(F)F)C1. The topological polar surface area (TPSA) is 63.4 Å². The molecular weight excluding hydrogens is 369 g/mol. The molecule has 1 atom stereocenters. The minimum absolute atomic E-state index is 0.00276. The number of carbonyl (C=O) groups is 1. The molecule has 22 heavy (non-hydrogen) atoms. The van der Waals surface area contributed by atoms with Gasteiger partial charge >= 0.3 is 6.18 Å². The second-order valence-corrected chi connectivity index (χ2v) is 5.82. The largest absolute Gasteiger partial charge is 0.393 e. The first-order chi connectivity index (χ1) is 10.2. The summed E-state index contributed by atoms with van der Waals surface area (Å²) in [7, 11) is 0. The maximum absolute atomic E-state index is 12.8. The lowest BCUT2D eigenvalue weighted by molar-refractivity contribution is -0.385. The van der Waals surface area contributed by atoms with Crippen molar-refractivity contribution in [1.82, 2.24) is 4.90 Å². The maximum atomic E-state index is 12.8. The van der Waals surface area contributed by atoms with Crippen LogP contribution in [0.15, 0.2) is 22.7 Å². The summed E-state index contributed by atoms with van der Waals surface area (Å²) in [6.45, 7) is -0.210. The number of piperidine rings is 1. The highest BCUT2D eigenvalue weighted by Gasteiger charge is 2.43. The van der Waals surface area contributed by atoms with Crippen LogP contribution < -0.4 is 0 Å². The first-order valence-electron chi connectivity index (χ1n) is 6.50. The highest BCUT2D eigenvalue weighted by Crippen LogP contribution is 2.35. The highest BCUT2D eigenvalue weighted by molar-refractivity contribution is 9.10. The minimum atomic E-state index is -4.35. The van der Waals surface area contributed by atoms with Gasteiger partial charge < -0.3 is 4.90 Å². The lowest BCUT2D eigenvalue weighted by Gasteiger charge is -2.33. The smallest absolute Gasteiger partial charge is 0.338 e. The quantitative estimate of drug-likeness (QED) is 0.579. The van der Waals surface area contributed by atoms with Gasteiger partial charge in [-0.2, -0.15) is 13.2 Å². The number of rotatable bonds is 2. The van der Waals surface area contributed by atoms with E-state index in [1.54, 1.807) is 0 Å². The van der Waals surface area contributed by atoms with Gasteiger partial charge in [0.15, 0.2) is 0 Å².